The van der Waals surface area contributed by atoms with Gasteiger partial charge in [0.2, 0.25) is 0 Å². The fraction of sp³-hybridized carbons (Fsp3) is 0.118. The highest BCUT2D eigenvalue weighted by molar-refractivity contribution is 5.90. The van der Waals surface area contributed by atoms with Gasteiger partial charge in [-0.3, -0.25) is 4.79 Å². The molecule has 23 heavy (non-hydrogen) atoms. The number of aromatic carboxylic acids is 1. The molecule has 0 aliphatic rings. The maximum absolute atomic E-state index is 10.6. The van der Waals surface area contributed by atoms with Gasteiger partial charge in [0.25, 0.3) is 0 Å². The Morgan fingerprint density at radius 3 is 2.17 bits per heavy atom. The fourth-order valence-electron chi connectivity index (χ4n) is 1.75. The van der Waals surface area contributed by atoms with Crippen molar-refractivity contribution >= 4 is 18.2 Å². The van der Waals surface area contributed by atoms with Crippen molar-refractivity contribution in [3.8, 4) is 0 Å². The van der Waals surface area contributed by atoms with Gasteiger partial charge in [-0.25, -0.2) is 9.59 Å². The molecule has 0 radical (unpaired) electrons. The van der Waals surface area contributed by atoms with Crippen molar-refractivity contribution in [3.63, 3.8) is 0 Å². The normalized spacial score (nSPS) is 10.8. The summed E-state index contributed by atoms with van der Waals surface area (Å²) in [4.78, 5) is 31.1. The average Bonchev–Trinajstić information content (AvgIpc) is 2.57. The first-order valence-electron chi connectivity index (χ1n) is 6.58. The van der Waals surface area contributed by atoms with Gasteiger partial charge in [0.1, 0.15) is 6.29 Å². The summed E-state index contributed by atoms with van der Waals surface area (Å²) in [5, 5.41) is 17.2. The standard InChI is InChI=1S/C9H10O3.C8H6O3/c1-12-8(9(10)11)7-5-3-2-4-6-7;9-5-6-2-1-3-7(4-6)8(10)11/h2-6,8H,1H3,(H,10,11);1-5H,(H,10,11). The Morgan fingerprint density at radius 1 is 1.04 bits per heavy atom. The zero-order chi connectivity index (χ0) is 17.2. The van der Waals surface area contributed by atoms with Crippen molar-refractivity contribution < 1.29 is 29.3 Å². The number of hydrogen-bond acceptors (Lipinski definition) is 4. The summed E-state index contributed by atoms with van der Waals surface area (Å²) in [6.07, 6.45) is -0.238. The van der Waals surface area contributed by atoms with Crippen LogP contribution in [0.3, 0.4) is 0 Å². The minimum Gasteiger partial charge on any atom is -0.479 e. The largest absolute Gasteiger partial charge is 0.479 e. The summed E-state index contributed by atoms with van der Waals surface area (Å²) in [5.74, 6) is -1.99. The number of rotatable bonds is 5. The summed E-state index contributed by atoms with van der Waals surface area (Å²) in [6, 6.07) is 14.7. The summed E-state index contributed by atoms with van der Waals surface area (Å²) >= 11 is 0. The fourth-order valence-corrected chi connectivity index (χ4v) is 1.75. The van der Waals surface area contributed by atoms with Gasteiger partial charge in [-0.2, -0.15) is 0 Å². The molecule has 1 atom stereocenters. The number of benzene rings is 2. The molecule has 0 saturated carbocycles. The van der Waals surface area contributed by atoms with E-state index in [0.29, 0.717) is 17.4 Å². The van der Waals surface area contributed by atoms with Crippen LogP contribution in [0.4, 0.5) is 0 Å². The van der Waals surface area contributed by atoms with Crippen LogP contribution in [0, 0.1) is 0 Å². The zero-order valence-corrected chi connectivity index (χ0v) is 12.4. The van der Waals surface area contributed by atoms with Crippen molar-refractivity contribution in [2.45, 2.75) is 6.10 Å². The van der Waals surface area contributed by atoms with E-state index < -0.39 is 18.0 Å². The van der Waals surface area contributed by atoms with E-state index in [9.17, 15) is 14.4 Å². The van der Waals surface area contributed by atoms with Crippen LogP contribution < -0.4 is 0 Å². The van der Waals surface area contributed by atoms with Crippen LogP contribution in [0.15, 0.2) is 54.6 Å². The number of aldehydes is 1. The lowest BCUT2D eigenvalue weighted by molar-refractivity contribution is -0.148. The topological polar surface area (TPSA) is 101 Å². The molecule has 0 bridgehead atoms. The second kappa shape index (κ2) is 9.11. The third-order valence-corrected chi connectivity index (χ3v) is 2.83. The van der Waals surface area contributed by atoms with Gasteiger partial charge >= 0.3 is 11.9 Å². The number of aliphatic carboxylic acids is 1. The molecule has 120 valence electrons. The van der Waals surface area contributed by atoms with E-state index in [4.69, 9.17) is 14.9 Å². The first kappa shape index (κ1) is 18.1. The molecule has 2 N–H and O–H groups in total. The van der Waals surface area contributed by atoms with E-state index in [2.05, 4.69) is 0 Å². The van der Waals surface area contributed by atoms with Gasteiger partial charge < -0.3 is 14.9 Å². The highest BCUT2D eigenvalue weighted by atomic mass is 16.5. The molecule has 0 aliphatic heterocycles. The summed E-state index contributed by atoms with van der Waals surface area (Å²) in [7, 11) is 1.38. The van der Waals surface area contributed by atoms with Crippen LogP contribution in [0.1, 0.15) is 32.4 Å². The predicted molar refractivity (Wildman–Crippen MR) is 82.6 cm³/mol. The lowest BCUT2D eigenvalue weighted by Gasteiger charge is -2.09. The van der Waals surface area contributed by atoms with Crippen LogP contribution in [-0.4, -0.2) is 35.5 Å². The quantitative estimate of drug-likeness (QED) is 0.822. The van der Waals surface area contributed by atoms with Gasteiger partial charge in [0.05, 0.1) is 5.56 Å². The van der Waals surface area contributed by atoms with Crippen molar-refractivity contribution in [1.82, 2.24) is 0 Å². The molecule has 2 aromatic rings. The van der Waals surface area contributed by atoms with Crippen LogP contribution >= 0.6 is 0 Å². The summed E-state index contributed by atoms with van der Waals surface area (Å²) in [6.45, 7) is 0. The molecule has 6 nitrogen and oxygen atoms in total. The summed E-state index contributed by atoms with van der Waals surface area (Å²) < 4.78 is 4.80. The molecule has 0 aliphatic carbocycles. The van der Waals surface area contributed by atoms with Crippen LogP contribution in [0.2, 0.25) is 0 Å². The number of carbonyl (C=O) groups is 3. The maximum Gasteiger partial charge on any atom is 0.337 e. The lowest BCUT2D eigenvalue weighted by Crippen LogP contribution is -2.12. The lowest BCUT2D eigenvalue weighted by atomic mass is 10.1. The molecule has 0 saturated heterocycles. The van der Waals surface area contributed by atoms with Crippen molar-refractivity contribution in [2.24, 2.45) is 0 Å². The number of carboxylic acid groups (broad SMARTS) is 2. The van der Waals surface area contributed by atoms with E-state index >= 15 is 0 Å². The van der Waals surface area contributed by atoms with Crippen LogP contribution in [-0.2, 0) is 9.53 Å². The van der Waals surface area contributed by atoms with Gasteiger partial charge in [-0.15, -0.1) is 0 Å². The molecule has 2 aromatic carbocycles. The van der Waals surface area contributed by atoms with Crippen molar-refractivity contribution in [1.29, 1.82) is 0 Å². The minimum atomic E-state index is -1.02. The van der Waals surface area contributed by atoms with E-state index in [1.807, 2.05) is 6.07 Å². The Morgan fingerprint density at radius 2 is 1.70 bits per heavy atom. The maximum atomic E-state index is 10.6. The molecule has 0 amide bonds. The highest BCUT2D eigenvalue weighted by Crippen LogP contribution is 2.15. The summed E-state index contributed by atoms with van der Waals surface area (Å²) in [5.41, 5.74) is 1.17. The second-order valence-corrected chi connectivity index (χ2v) is 4.41. The van der Waals surface area contributed by atoms with Crippen molar-refractivity contribution in [2.75, 3.05) is 7.11 Å². The SMILES string of the molecule is COC(C(=O)O)c1ccccc1.O=Cc1cccc(C(=O)O)c1. The van der Waals surface area contributed by atoms with E-state index in [-0.39, 0.29) is 5.56 Å². The van der Waals surface area contributed by atoms with Gasteiger partial charge in [0.15, 0.2) is 6.10 Å². The Labute approximate surface area is 133 Å². The Bertz CT molecular complexity index is 666. The van der Waals surface area contributed by atoms with Gasteiger partial charge in [0, 0.05) is 12.7 Å². The Kier molecular flexibility index (Phi) is 7.16. The first-order valence-corrected chi connectivity index (χ1v) is 6.58. The first-order chi connectivity index (χ1) is 11.0. The molecule has 6 heteroatoms. The molecular weight excluding hydrogens is 300 g/mol. The third kappa shape index (κ3) is 5.72. The minimum absolute atomic E-state index is 0.134. The molecule has 0 spiro atoms. The van der Waals surface area contributed by atoms with E-state index in [0.717, 1.165) is 0 Å². The number of carbonyl (C=O) groups excluding carboxylic acids is 1. The highest BCUT2D eigenvalue weighted by Gasteiger charge is 2.17. The molecule has 1 unspecified atom stereocenters. The smallest absolute Gasteiger partial charge is 0.337 e. The average molecular weight is 316 g/mol. The number of methoxy groups -OCH3 is 1. The molecule has 2 rings (SSSR count). The molecular formula is C17H16O6. The van der Waals surface area contributed by atoms with E-state index in [1.54, 1.807) is 30.3 Å². The molecule has 0 fully saturated rings. The van der Waals surface area contributed by atoms with Crippen LogP contribution in [0.5, 0.6) is 0 Å². The Hall–Kier alpha value is -2.99. The number of hydrogen-bond donors (Lipinski definition) is 2. The Balaban J connectivity index is 0.000000231. The van der Waals surface area contributed by atoms with E-state index in [1.165, 1.54) is 25.3 Å². The van der Waals surface area contributed by atoms with Crippen molar-refractivity contribution in [3.05, 3.63) is 71.3 Å². The second-order valence-electron chi connectivity index (χ2n) is 4.41. The molecule has 0 aromatic heterocycles. The zero-order valence-electron chi connectivity index (χ0n) is 12.4. The van der Waals surface area contributed by atoms with Gasteiger partial charge in [-0.05, 0) is 17.7 Å². The monoisotopic (exact) mass is 316 g/mol. The van der Waals surface area contributed by atoms with Gasteiger partial charge in [-0.1, -0.05) is 42.5 Å². The number of ether oxygens (including phenoxy) is 1. The molecule has 0 heterocycles. The van der Waals surface area contributed by atoms with Crippen LogP contribution in [0.25, 0.3) is 0 Å². The predicted octanol–water partition coefficient (Wildman–Crippen LogP) is 2.66. The number of carboxylic acids is 2. The third-order valence-electron chi connectivity index (χ3n) is 2.83.